The maximum atomic E-state index is 14.2. The van der Waals surface area contributed by atoms with E-state index in [1.54, 1.807) is 6.92 Å². The van der Waals surface area contributed by atoms with Crippen molar-refractivity contribution in [2.75, 3.05) is 6.26 Å². The highest BCUT2D eigenvalue weighted by molar-refractivity contribution is 7.93. The molecule has 12 heteroatoms. The molecule has 1 amide bonds. The van der Waals surface area contributed by atoms with Gasteiger partial charge in [0.25, 0.3) is 11.5 Å². The molecule has 0 bridgehead atoms. The number of benzene rings is 3. The van der Waals surface area contributed by atoms with Gasteiger partial charge in [0, 0.05) is 33.8 Å². The first-order chi connectivity index (χ1) is 17.2. The van der Waals surface area contributed by atoms with E-state index in [4.69, 9.17) is 28.0 Å². The van der Waals surface area contributed by atoms with Crippen LogP contribution in [0.25, 0.3) is 0 Å². The van der Waals surface area contributed by atoms with Gasteiger partial charge in [0.1, 0.15) is 5.82 Å². The fourth-order valence-electron chi connectivity index (χ4n) is 3.89. The highest BCUT2D eigenvalue weighted by Crippen LogP contribution is 2.49. The Labute approximate surface area is 220 Å². The van der Waals surface area contributed by atoms with Gasteiger partial charge in [-0.05, 0) is 66.6 Å². The second-order valence-corrected chi connectivity index (χ2v) is 11.6. The van der Waals surface area contributed by atoms with Crippen LogP contribution in [-0.2, 0) is 20.2 Å². The largest absolute Gasteiger partial charge is 0.435 e. The van der Waals surface area contributed by atoms with Crippen molar-refractivity contribution in [3.8, 4) is 0 Å². The fraction of sp³-hybridized carbons (Fsp3) is 0.200. The summed E-state index contributed by atoms with van der Waals surface area (Å²) in [4.78, 5) is 17.8. The van der Waals surface area contributed by atoms with Crippen molar-refractivity contribution in [2.24, 2.45) is 9.52 Å². The first-order valence-electron chi connectivity index (χ1n) is 10.6. The van der Waals surface area contributed by atoms with Gasteiger partial charge < -0.3 is 4.84 Å². The summed E-state index contributed by atoms with van der Waals surface area (Å²) >= 11 is 11.9. The molecular weight excluding hydrogens is 555 g/mol. The Hall–Kier alpha value is -2.95. The lowest BCUT2D eigenvalue weighted by Crippen LogP contribution is -2.42. The molecule has 0 saturated carbocycles. The third-order valence-electron chi connectivity index (χ3n) is 5.80. The highest BCUT2D eigenvalue weighted by Gasteiger charge is 2.62. The van der Waals surface area contributed by atoms with Crippen LogP contribution in [0.4, 0.5) is 17.6 Å². The number of oxime groups is 1. The Bertz CT molecular complexity index is 1550. The molecule has 0 aromatic heterocycles. The lowest BCUT2D eigenvalue weighted by Gasteiger charge is -2.29. The zero-order valence-corrected chi connectivity index (χ0v) is 21.6. The van der Waals surface area contributed by atoms with Gasteiger partial charge in [0.2, 0.25) is 0 Å². The molecule has 0 spiro atoms. The second kappa shape index (κ2) is 9.74. The molecule has 0 fully saturated rings. The van der Waals surface area contributed by atoms with Crippen LogP contribution in [0.15, 0.2) is 75.1 Å². The van der Waals surface area contributed by atoms with E-state index >= 15 is 0 Å². The van der Waals surface area contributed by atoms with E-state index in [0.29, 0.717) is 5.56 Å². The van der Waals surface area contributed by atoms with Crippen LogP contribution in [0.2, 0.25) is 10.0 Å². The van der Waals surface area contributed by atoms with Crippen molar-refractivity contribution in [1.82, 2.24) is 0 Å². The van der Waals surface area contributed by atoms with E-state index in [1.807, 2.05) is 0 Å². The summed E-state index contributed by atoms with van der Waals surface area (Å²) in [6.45, 7) is 1.55. The summed E-state index contributed by atoms with van der Waals surface area (Å²) in [6.07, 6.45) is -4.30. The number of nitrogens with zero attached hydrogens (tertiary/aromatic N) is 2. The SMILES string of the molecule is Cc1cc(C2=NOC(c3cc(Cl)cc(Cl)c3)(C(F)(F)F)C2)ccc1C(=O)N=S(C)(=O)c1cccc(F)c1. The van der Waals surface area contributed by atoms with Crippen molar-refractivity contribution in [3.63, 3.8) is 0 Å². The summed E-state index contributed by atoms with van der Waals surface area (Å²) in [7, 11) is -3.25. The Morgan fingerprint density at radius 2 is 1.76 bits per heavy atom. The summed E-state index contributed by atoms with van der Waals surface area (Å²) in [5.41, 5.74) is -2.37. The summed E-state index contributed by atoms with van der Waals surface area (Å²) in [5, 5.41) is 3.73. The number of carbonyl (C=O) groups is 1. The minimum absolute atomic E-state index is 0.00786. The zero-order valence-electron chi connectivity index (χ0n) is 19.3. The van der Waals surface area contributed by atoms with E-state index < -0.39 is 39.7 Å². The van der Waals surface area contributed by atoms with Gasteiger partial charge in [-0.25, -0.2) is 8.60 Å². The monoisotopic (exact) mass is 572 g/mol. The Morgan fingerprint density at radius 1 is 1.08 bits per heavy atom. The predicted molar refractivity (Wildman–Crippen MR) is 133 cm³/mol. The van der Waals surface area contributed by atoms with Crippen LogP contribution < -0.4 is 0 Å². The van der Waals surface area contributed by atoms with Gasteiger partial charge in [-0.2, -0.15) is 17.5 Å². The molecule has 0 saturated heterocycles. The van der Waals surface area contributed by atoms with Gasteiger partial charge >= 0.3 is 6.18 Å². The maximum absolute atomic E-state index is 14.2. The molecular formula is C25H18Cl2F4N2O3S. The molecule has 3 aromatic rings. The number of amides is 1. The Balaban J connectivity index is 1.65. The van der Waals surface area contributed by atoms with Gasteiger partial charge in [0.15, 0.2) is 0 Å². The third kappa shape index (κ3) is 5.37. The zero-order chi connectivity index (χ0) is 27.2. The lowest BCUT2D eigenvalue weighted by atomic mass is 9.86. The molecule has 194 valence electrons. The molecule has 0 radical (unpaired) electrons. The molecule has 2 unspecified atom stereocenters. The minimum atomic E-state index is -4.85. The number of alkyl halides is 3. The predicted octanol–water partition coefficient (Wildman–Crippen LogP) is 7.32. The van der Waals surface area contributed by atoms with Crippen molar-refractivity contribution in [3.05, 3.63) is 98.8 Å². The molecule has 0 aliphatic carbocycles. The van der Waals surface area contributed by atoms with Crippen molar-refractivity contribution in [1.29, 1.82) is 0 Å². The van der Waals surface area contributed by atoms with Crippen LogP contribution in [0, 0.1) is 12.7 Å². The summed E-state index contributed by atoms with van der Waals surface area (Å²) in [6, 6.07) is 12.7. The van der Waals surface area contributed by atoms with Crippen molar-refractivity contribution in [2.45, 2.75) is 30.0 Å². The normalized spacial score (nSPS) is 19.1. The number of halogens is 6. The second-order valence-electron chi connectivity index (χ2n) is 8.47. The molecule has 5 nitrogen and oxygen atoms in total. The molecule has 1 heterocycles. The Morgan fingerprint density at radius 3 is 2.35 bits per heavy atom. The average Bonchev–Trinajstić information content (AvgIpc) is 3.25. The molecule has 4 rings (SSSR count). The first kappa shape index (κ1) is 27.1. The summed E-state index contributed by atoms with van der Waals surface area (Å²) in [5.74, 6) is -1.44. The Kier molecular flexibility index (Phi) is 7.13. The van der Waals surface area contributed by atoms with E-state index in [2.05, 4.69) is 9.52 Å². The maximum Gasteiger partial charge on any atom is 0.435 e. The number of carbonyl (C=O) groups excluding carboxylic acids is 1. The lowest BCUT2D eigenvalue weighted by molar-refractivity contribution is -0.275. The molecule has 1 aliphatic heterocycles. The molecule has 37 heavy (non-hydrogen) atoms. The van der Waals surface area contributed by atoms with Crippen molar-refractivity contribution < 1.29 is 31.4 Å². The van der Waals surface area contributed by atoms with E-state index in [0.717, 1.165) is 18.2 Å². The van der Waals surface area contributed by atoms with Gasteiger partial charge in [0.05, 0.1) is 20.3 Å². The van der Waals surface area contributed by atoms with Crippen LogP contribution >= 0.6 is 23.2 Å². The van der Waals surface area contributed by atoms with Crippen LogP contribution in [-0.4, -0.2) is 28.3 Å². The standard InChI is InChI=1S/C25H18Cl2F4N2O3S/c1-14-8-15(6-7-21(14)23(34)33-37(2,35)20-5-3-4-19(28)12-20)22-13-24(36-32-22,25(29,30)31)16-9-17(26)11-18(27)10-16/h3-12H,13H2,1-2H3. The van der Waals surface area contributed by atoms with Crippen LogP contribution in [0.3, 0.4) is 0 Å². The molecule has 3 aromatic carbocycles. The number of aryl methyl sites for hydroxylation is 1. The highest BCUT2D eigenvalue weighted by atomic mass is 35.5. The first-order valence-corrected chi connectivity index (χ1v) is 13.3. The third-order valence-corrected chi connectivity index (χ3v) is 7.87. The quantitative estimate of drug-likeness (QED) is 0.307. The van der Waals surface area contributed by atoms with Gasteiger partial charge in [-0.1, -0.05) is 40.5 Å². The van der Waals surface area contributed by atoms with Crippen LogP contribution in [0.5, 0.6) is 0 Å². The molecule has 0 N–H and O–H groups in total. The van der Waals surface area contributed by atoms with Crippen LogP contribution in [0.1, 0.15) is 33.5 Å². The molecule has 1 aliphatic rings. The van der Waals surface area contributed by atoms with E-state index in [1.165, 1.54) is 48.7 Å². The average molecular weight is 573 g/mol. The van der Waals surface area contributed by atoms with Gasteiger partial charge in [-0.3, -0.25) is 4.79 Å². The molecule has 2 atom stereocenters. The topological polar surface area (TPSA) is 68.1 Å². The van der Waals surface area contributed by atoms with Gasteiger partial charge in [-0.15, -0.1) is 0 Å². The fourth-order valence-corrected chi connectivity index (χ4v) is 5.60. The smallest absolute Gasteiger partial charge is 0.374 e. The van der Waals surface area contributed by atoms with E-state index in [9.17, 15) is 26.6 Å². The van der Waals surface area contributed by atoms with Crippen molar-refractivity contribution >= 4 is 44.5 Å². The van der Waals surface area contributed by atoms with E-state index in [-0.39, 0.29) is 37.3 Å². The number of rotatable bonds is 4. The summed E-state index contributed by atoms with van der Waals surface area (Å²) < 4.78 is 73.0. The number of hydrogen-bond acceptors (Lipinski definition) is 4. The minimum Gasteiger partial charge on any atom is -0.374 e. The number of hydrogen-bond donors (Lipinski definition) is 0.